The van der Waals surface area contributed by atoms with Crippen molar-refractivity contribution >= 4 is 11.6 Å². The summed E-state index contributed by atoms with van der Waals surface area (Å²) in [5.74, 6) is -1.71. The zero-order valence-corrected chi connectivity index (χ0v) is 12.0. The third kappa shape index (κ3) is 1.90. The normalized spacial score (nSPS) is 33.1. The summed E-state index contributed by atoms with van der Waals surface area (Å²) in [6.45, 7) is 4.32. The predicted molar refractivity (Wildman–Crippen MR) is 73.0 cm³/mol. The van der Waals surface area contributed by atoms with E-state index in [-0.39, 0.29) is 17.1 Å². The Morgan fingerprint density at radius 3 is 2.43 bits per heavy atom. The van der Waals surface area contributed by atoms with E-state index in [9.17, 15) is 19.8 Å². The molecule has 1 fully saturated rings. The topological polar surface area (TPSA) is 87.1 Å². The summed E-state index contributed by atoms with van der Waals surface area (Å²) in [6.07, 6.45) is 3.50. The van der Waals surface area contributed by atoms with E-state index in [4.69, 9.17) is 4.74 Å². The molecule has 0 bridgehead atoms. The molecule has 6 heteroatoms. The van der Waals surface area contributed by atoms with Crippen LogP contribution in [-0.2, 0) is 14.3 Å². The summed E-state index contributed by atoms with van der Waals surface area (Å²) in [6, 6.07) is 0. The number of hydrogen-bond donors (Lipinski definition) is 2. The van der Waals surface area contributed by atoms with Gasteiger partial charge in [0, 0.05) is 18.7 Å². The minimum Gasteiger partial charge on any atom is -0.502 e. The number of likely N-dealkylation sites (tertiary alicyclic amines) is 1. The molecule has 112 valence electrons. The first-order chi connectivity index (χ1) is 9.84. The minimum atomic E-state index is -1.81. The second-order valence-corrected chi connectivity index (χ2v) is 5.70. The maximum Gasteiger partial charge on any atom is 0.266 e. The molecule has 3 aliphatic rings. The summed E-state index contributed by atoms with van der Waals surface area (Å²) in [5, 5.41) is 20.1. The van der Waals surface area contributed by atoms with E-state index in [1.807, 2.05) is 4.90 Å². The summed E-state index contributed by atoms with van der Waals surface area (Å²) in [5.41, 5.74) is -1.29. The summed E-state index contributed by atoms with van der Waals surface area (Å²) >= 11 is 0. The van der Waals surface area contributed by atoms with Crippen LogP contribution in [0, 0.1) is 0 Å². The highest BCUT2D eigenvalue weighted by Crippen LogP contribution is 2.38. The lowest BCUT2D eigenvalue weighted by molar-refractivity contribution is -0.128. The van der Waals surface area contributed by atoms with Gasteiger partial charge in [-0.1, -0.05) is 0 Å². The molecule has 0 spiro atoms. The predicted octanol–water partition coefficient (Wildman–Crippen LogP) is 0.943. The number of rotatable bonds is 1. The van der Waals surface area contributed by atoms with Gasteiger partial charge in [-0.3, -0.25) is 9.59 Å². The molecule has 2 N–H and O–H groups in total. The van der Waals surface area contributed by atoms with Crippen LogP contribution in [0.15, 0.2) is 34.6 Å². The van der Waals surface area contributed by atoms with Crippen LogP contribution in [0.5, 0.6) is 0 Å². The van der Waals surface area contributed by atoms with Crippen molar-refractivity contribution in [1.82, 2.24) is 4.90 Å². The molecule has 0 aromatic carbocycles. The molecule has 1 saturated heterocycles. The van der Waals surface area contributed by atoms with Gasteiger partial charge in [0.1, 0.15) is 5.76 Å². The Balaban J connectivity index is 2.06. The van der Waals surface area contributed by atoms with Crippen molar-refractivity contribution in [3.8, 4) is 0 Å². The molecular formula is C15H17NO5. The Kier molecular flexibility index (Phi) is 2.95. The molecule has 0 aromatic rings. The lowest BCUT2D eigenvalue weighted by Gasteiger charge is -2.21. The summed E-state index contributed by atoms with van der Waals surface area (Å²) in [7, 11) is 0. The highest BCUT2D eigenvalue weighted by Gasteiger charge is 2.48. The van der Waals surface area contributed by atoms with E-state index in [2.05, 4.69) is 0 Å². The van der Waals surface area contributed by atoms with Gasteiger partial charge in [-0.25, -0.2) is 0 Å². The lowest BCUT2D eigenvalue weighted by atomic mass is 9.95. The zero-order valence-electron chi connectivity index (χ0n) is 12.0. The minimum absolute atomic E-state index is 0.0776. The van der Waals surface area contributed by atoms with Crippen LogP contribution in [0.25, 0.3) is 0 Å². The van der Waals surface area contributed by atoms with Crippen LogP contribution in [0.4, 0.5) is 0 Å². The molecular weight excluding hydrogens is 274 g/mol. The Morgan fingerprint density at radius 1 is 1.29 bits per heavy atom. The standard InChI is InChI=1S/C15H17NO5/c1-8-11(17)12(18)13(21-8)9-7-10(14(19)15(9,2)20)16-5-3-4-6-16/h7,17,20H,3-6H2,1-2H3/b13-9-. The average Bonchev–Trinajstić information content (AvgIpc) is 3.09. The summed E-state index contributed by atoms with van der Waals surface area (Å²) in [4.78, 5) is 26.3. The Hall–Kier alpha value is -2.08. The monoisotopic (exact) mass is 291 g/mol. The number of nitrogens with zero attached hydrogens (tertiary/aromatic N) is 1. The molecule has 0 saturated carbocycles. The van der Waals surface area contributed by atoms with Crippen molar-refractivity contribution in [3.63, 3.8) is 0 Å². The van der Waals surface area contributed by atoms with Crippen LogP contribution < -0.4 is 0 Å². The van der Waals surface area contributed by atoms with Gasteiger partial charge < -0.3 is 19.8 Å². The fourth-order valence-corrected chi connectivity index (χ4v) is 2.89. The number of ketones is 2. The smallest absolute Gasteiger partial charge is 0.266 e. The van der Waals surface area contributed by atoms with Gasteiger partial charge in [0.15, 0.2) is 11.4 Å². The maximum absolute atomic E-state index is 12.4. The molecule has 0 amide bonds. The Labute approximate surface area is 122 Å². The number of carbonyl (C=O) groups is 2. The first-order valence-corrected chi connectivity index (χ1v) is 6.95. The molecule has 1 aliphatic carbocycles. The molecule has 1 unspecified atom stereocenters. The molecule has 2 aliphatic heterocycles. The van der Waals surface area contributed by atoms with Crippen LogP contribution in [-0.4, -0.2) is 45.4 Å². The zero-order chi connectivity index (χ0) is 15.4. The second-order valence-electron chi connectivity index (χ2n) is 5.70. The number of ether oxygens (including phenoxy) is 1. The van der Waals surface area contributed by atoms with Gasteiger partial charge in [0.25, 0.3) is 5.78 Å². The first kappa shape index (κ1) is 13.9. The van der Waals surface area contributed by atoms with Crippen molar-refractivity contribution in [2.75, 3.05) is 13.1 Å². The van der Waals surface area contributed by atoms with Gasteiger partial charge in [-0.05, 0) is 32.8 Å². The van der Waals surface area contributed by atoms with Gasteiger partial charge in [-0.2, -0.15) is 0 Å². The van der Waals surface area contributed by atoms with Crippen molar-refractivity contribution in [1.29, 1.82) is 0 Å². The number of hydrogen-bond acceptors (Lipinski definition) is 6. The molecule has 0 radical (unpaired) electrons. The number of allylic oxidation sites excluding steroid dienone is 1. The lowest BCUT2D eigenvalue weighted by Crippen LogP contribution is -2.37. The van der Waals surface area contributed by atoms with Crippen LogP contribution in [0.3, 0.4) is 0 Å². The van der Waals surface area contributed by atoms with E-state index in [0.29, 0.717) is 5.70 Å². The van der Waals surface area contributed by atoms with Crippen LogP contribution in [0.1, 0.15) is 26.7 Å². The van der Waals surface area contributed by atoms with Crippen LogP contribution >= 0.6 is 0 Å². The van der Waals surface area contributed by atoms with Crippen molar-refractivity contribution < 1.29 is 24.5 Å². The molecule has 3 rings (SSSR count). The van der Waals surface area contributed by atoms with E-state index < -0.39 is 22.9 Å². The fourth-order valence-electron chi connectivity index (χ4n) is 2.89. The fraction of sp³-hybridized carbons (Fsp3) is 0.467. The van der Waals surface area contributed by atoms with E-state index >= 15 is 0 Å². The van der Waals surface area contributed by atoms with Gasteiger partial charge >= 0.3 is 0 Å². The summed E-state index contributed by atoms with van der Waals surface area (Å²) < 4.78 is 5.25. The van der Waals surface area contributed by atoms with Crippen molar-refractivity contribution in [2.45, 2.75) is 32.3 Å². The first-order valence-electron chi connectivity index (χ1n) is 6.95. The highest BCUT2D eigenvalue weighted by molar-refractivity contribution is 6.13. The van der Waals surface area contributed by atoms with E-state index in [0.717, 1.165) is 25.9 Å². The van der Waals surface area contributed by atoms with Gasteiger partial charge in [0.2, 0.25) is 11.5 Å². The molecule has 2 heterocycles. The van der Waals surface area contributed by atoms with Crippen molar-refractivity contribution in [2.24, 2.45) is 0 Å². The molecule has 0 aromatic heterocycles. The molecule has 21 heavy (non-hydrogen) atoms. The SMILES string of the molecule is CC1=C(O)C(=O)/C(=C2\C=C(N3CCCC3)C(=O)C2(C)O)O1. The number of aliphatic hydroxyl groups is 2. The van der Waals surface area contributed by atoms with Gasteiger partial charge in [0.05, 0.1) is 5.70 Å². The number of carbonyl (C=O) groups excluding carboxylic acids is 2. The third-order valence-corrected chi connectivity index (χ3v) is 4.18. The van der Waals surface area contributed by atoms with E-state index in [1.54, 1.807) is 0 Å². The average molecular weight is 291 g/mol. The number of aliphatic hydroxyl groups excluding tert-OH is 1. The largest absolute Gasteiger partial charge is 0.502 e. The highest BCUT2D eigenvalue weighted by atomic mass is 16.5. The molecule has 6 nitrogen and oxygen atoms in total. The quantitative estimate of drug-likeness (QED) is 0.699. The Bertz CT molecular complexity index is 632. The maximum atomic E-state index is 12.4. The Morgan fingerprint density at radius 2 is 1.90 bits per heavy atom. The number of Topliss-reactive ketones (excluding diaryl/α,β-unsaturated/α-hetero) is 2. The third-order valence-electron chi connectivity index (χ3n) is 4.18. The van der Waals surface area contributed by atoms with E-state index in [1.165, 1.54) is 19.9 Å². The van der Waals surface area contributed by atoms with Gasteiger partial charge in [-0.15, -0.1) is 0 Å². The molecule has 1 atom stereocenters. The van der Waals surface area contributed by atoms with Crippen molar-refractivity contribution in [3.05, 3.63) is 34.6 Å². The second kappa shape index (κ2) is 4.46. The van der Waals surface area contributed by atoms with Crippen LogP contribution in [0.2, 0.25) is 0 Å².